The molecule has 0 radical (unpaired) electrons. The molecule has 0 heterocycles. The van der Waals surface area contributed by atoms with E-state index in [2.05, 4.69) is 0 Å². The minimum Gasteiger partial charge on any atom is -0.350 e. The lowest BCUT2D eigenvalue weighted by atomic mass is 10.1. The zero-order valence-electron chi connectivity index (χ0n) is 7.93. The third kappa shape index (κ3) is 3.64. The van der Waals surface area contributed by atoms with Crippen LogP contribution < -0.4 is 11.6 Å². The summed E-state index contributed by atoms with van der Waals surface area (Å²) in [5.74, 6) is 5.35. The van der Waals surface area contributed by atoms with Crippen molar-refractivity contribution >= 4 is 18.4 Å². The van der Waals surface area contributed by atoms with E-state index in [1.807, 2.05) is 31.2 Å². The summed E-state index contributed by atoms with van der Waals surface area (Å²) in [4.78, 5) is 10.6. The van der Waals surface area contributed by atoms with E-state index in [0.717, 1.165) is 10.6 Å². The van der Waals surface area contributed by atoms with Crippen LogP contribution in [0, 0.1) is 6.92 Å². The van der Waals surface area contributed by atoms with Gasteiger partial charge in [0.2, 0.25) is 0 Å². The number of aryl methyl sites for hydroxylation is 1. The number of hydrazine groups is 1. The smallest absolute Gasteiger partial charge is 0.329 e. The number of halogens is 1. The van der Waals surface area contributed by atoms with Crippen LogP contribution in [0.2, 0.25) is 0 Å². The van der Waals surface area contributed by atoms with Crippen LogP contribution in [0.4, 0.5) is 4.79 Å². The van der Waals surface area contributed by atoms with Crippen molar-refractivity contribution in [2.75, 3.05) is 0 Å². The Morgan fingerprint density at radius 2 is 1.86 bits per heavy atom. The highest BCUT2D eigenvalue weighted by Gasteiger charge is 2.03. The van der Waals surface area contributed by atoms with E-state index in [-0.39, 0.29) is 12.4 Å². The van der Waals surface area contributed by atoms with Crippen molar-refractivity contribution in [1.29, 1.82) is 0 Å². The van der Waals surface area contributed by atoms with E-state index in [1.165, 1.54) is 5.56 Å². The molecular weight excluding hydrogens is 202 g/mol. The van der Waals surface area contributed by atoms with Gasteiger partial charge in [0.15, 0.2) is 0 Å². The fraction of sp³-hybridized carbons (Fsp3) is 0.222. The second kappa shape index (κ2) is 5.47. The van der Waals surface area contributed by atoms with Gasteiger partial charge in [-0.2, -0.15) is 0 Å². The first-order chi connectivity index (χ1) is 6.09. The molecule has 4 nitrogen and oxygen atoms in total. The lowest BCUT2D eigenvalue weighted by molar-refractivity contribution is 0.206. The number of benzene rings is 1. The van der Waals surface area contributed by atoms with Crippen LogP contribution >= 0.6 is 12.4 Å². The fourth-order valence-electron chi connectivity index (χ4n) is 0.968. The third-order valence-corrected chi connectivity index (χ3v) is 1.76. The molecule has 0 atom stereocenters. The summed E-state index contributed by atoms with van der Waals surface area (Å²) in [6.07, 6.45) is 0. The van der Waals surface area contributed by atoms with Crippen LogP contribution in [0.15, 0.2) is 24.3 Å². The summed E-state index contributed by atoms with van der Waals surface area (Å²) < 4.78 is 0. The number of carbonyl (C=O) groups excluding carboxylic acids is 1. The van der Waals surface area contributed by atoms with Gasteiger partial charge in [0.25, 0.3) is 0 Å². The molecule has 1 rings (SSSR count). The summed E-state index contributed by atoms with van der Waals surface area (Å²) in [5.41, 5.74) is 7.11. The van der Waals surface area contributed by atoms with E-state index in [0.29, 0.717) is 6.54 Å². The maximum atomic E-state index is 10.6. The van der Waals surface area contributed by atoms with E-state index in [9.17, 15) is 4.79 Å². The first kappa shape index (κ1) is 12.7. The lowest BCUT2D eigenvalue weighted by Gasteiger charge is -2.13. The molecule has 0 unspecified atom stereocenters. The van der Waals surface area contributed by atoms with Crippen molar-refractivity contribution in [3.8, 4) is 0 Å². The average molecular weight is 216 g/mol. The molecule has 0 bridgehead atoms. The number of amides is 2. The molecule has 1 aromatic carbocycles. The Kier molecular flexibility index (Phi) is 4.97. The monoisotopic (exact) mass is 215 g/mol. The van der Waals surface area contributed by atoms with Crippen molar-refractivity contribution in [1.82, 2.24) is 5.01 Å². The van der Waals surface area contributed by atoms with Crippen molar-refractivity contribution in [2.45, 2.75) is 13.5 Å². The average Bonchev–Trinajstić information content (AvgIpc) is 2.08. The highest BCUT2D eigenvalue weighted by atomic mass is 35.5. The number of nitrogens with two attached hydrogens (primary N) is 2. The quantitative estimate of drug-likeness (QED) is 0.442. The molecule has 5 heteroatoms. The van der Waals surface area contributed by atoms with E-state index in [1.54, 1.807) is 0 Å². The van der Waals surface area contributed by atoms with Gasteiger partial charge in [0.1, 0.15) is 0 Å². The maximum Gasteiger partial charge on any atom is 0.329 e. The molecule has 1 aromatic rings. The van der Waals surface area contributed by atoms with E-state index >= 15 is 0 Å². The third-order valence-electron chi connectivity index (χ3n) is 1.76. The zero-order valence-corrected chi connectivity index (χ0v) is 8.75. The number of hydrogen-bond donors (Lipinski definition) is 2. The van der Waals surface area contributed by atoms with E-state index in [4.69, 9.17) is 11.6 Å². The molecule has 78 valence electrons. The Morgan fingerprint density at radius 3 is 2.29 bits per heavy atom. The molecule has 0 saturated carbocycles. The first-order valence-electron chi connectivity index (χ1n) is 3.97. The highest BCUT2D eigenvalue weighted by Crippen LogP contribution is 2.04. The minimum absolute atomic E-state index is 0. The summed E-state index contributed by atoms with van der Waals surface area (Å²) in [6, 6.07) is 7.13. The van der Waals surface area contributed by atoms with Crippen molar-refractivity contribution in [3.05, 3.63) is 35.4 Å². The molecule has 14 heavy (non-hydrogen) atoms. The normalized spacial score (nSPS) is 9.00. The van der Waals surface area contributed by atoms with Crippen LogP contribution in [0.25, 0.3) is 0 Å². The highest BCUT2D eigenvalue weighted by molar-refractivity contribution is 5.85. The van der Waals surface area contributed by atoms with Crippen LogP contribution in [0.1, 0.15) is 11.1 Å². The number of primary amides is 1. The molecule has 0 aliphatic carbocycles. The number of hydrogen-bond acceptors (Lipinski definition) is 2. The lowest BCUT2D eigenvalue weighted by Crippen LogP contribution is -2.40. The Labute approximate surface area is 89.3 Å². The molecule has 0 aromatic heterocycles. The van der Waals surface area contributed by atoms with Crippen molar-refractivity contribution in [2.24, 2.45) is 11.6 Å². The molecule has 2 amide bonds. The van der Waals surface area contributed by atoms with Gasteiger partial charge >= 0.3 is 6.03 Å². The Balaban J connectivity index is 0.00000169. The number of nitrogens with zero attached hydrogens (tertiary/aromatic N) is 1. The minimum atomic E-state index is -0.624. The standard InChI is InChI=1S/C9H13N3O.ClH/c1-7-2-4-8(5-3-7)6-12(11)9(10)13;/h2-5H,6,11H2,1H3,(H2,10,13);1H. The van der Waals surface area contributed by atoms with Gasteiger partial charge < -0.3 is 5.73 Å². The summed E-state index contributed by atoms with van der Waals surface area (Å²) in [7, 11) is 0. The fourth-order valence-corrected chi connectivity index (χ4v) is 0.968. The molecule has 4 N–H and O–H groups in total. The molecule has 0 fully saturated rings. The Morgan fingerprint density at radius 1 is 1.36 bits per heavy atom. The molecule has 0 saturated heterocycles. The summed E-state index contributed by atoms with van der Waals surface area (Å²) >= 11 is 0. The zero-order chi connectivity index (χ0) is 9.84. The van der Waals surface area contributed by atoms with Gasteiger partial charge in [0, 0.05) is 0 Å². The van der Waals surface area contributed by atoms with Gasteiger partial charge in [-0.1, -0.05) is 29.8 Å². The van der Waals surface area contributed by atoms with Gasteiger partial charge in [-0.3, -0.25) is 5.01 Å². The van der Waals surface area contributed by atoms with Gasteiger partial charge in [-0.25, -0.2) is 10.6 Å². The Hall–Kier alpha value is -1.26. The second-order valence-electron chi connectivity index (χ2n) is 2.95. The predicted molar refractivity (Wildman–Crippen MR) is 57.7 cm³/mol. The molecule has 0 spiro atoms. The van der Waals surface area contributed by atoms with Crippen molar-refractivity contribution < 1.29 is 4.79 Å². The Bertz CT molecular complexity index is 299. The van der Waals surface area contributed by atoms with Crippen LogP contribution in [0.3, 0.4) is 0 Å². The van der Waals surface area contributed by atoms with Gasteiger partial charge in [0.05, 0.1) is 6.54 Å². The summed E-state index contributed by atoms with van der Waals surface area (Å²) in [5, 5.41) is 0.977. The summed E-state index contributed by atoms with van der Waals surface area (Å²) in [6.45, 7) is 2.34. The number of urea groups is 1. The van der Waals surface area contributed by atoms with Crippen LogP contribution in [-0.4, -0.2) is 11.0 Å². The second-order valence-corrected chi connectivity index (χ2v) is 2.95. The topological polar surface area (TPSA) is 72.3 Å². The first-order valence-corrected chi connectivity index (χ1v) is 3.97. The molecular formula is C9H14ClN3O. The molecule has 0 aliphatic rings. The van der Waals surface area contributed by atoms with Crippen LogP contribution in [-0.2, 0) is 6.54 Å². The van der Waals surface area contributed by atoms with Crippen LogP contribution in [0.5, 0.6) is 0 Å². The number of carbonyl (C=O) groups is 1. The molecule has 0 aliphatic heterocycles. The predicted octanol–water partition coefficient (Wildman–Crippen LogP) is 1.17. The largest absolute Gasteiger partial charge is 0.350 e. The van der Waals surface area contributed by atoms with Gasteiger partial charge in [-0.15, -0.1) is 12.4 Å². The van der Waals surface area contributed by atoms with E-state index < -0.39 is 6.03 Å². The van der Waals surface area contributed by atoms with Gasteiger partial charge in [-0.05, 0) is 12.5 Å². The number of rotatable bonds is 2. The van der Waals surface area contributed by atoms with Crippen molar-refractivity contribution in [3.63, 3.8) is 0 Å². The maximum absolute atomic E-state index is 10.6. The SMILES string of the molecule is Cc1ccc(CN(N)C(N)=O)cc1.Cl.